The van der Waals surface area contributed by atoms with Crippen LogP contribution in [0.2, 0.25) is 0 Å². The normalized spacial score (nSPS) is 23.2. The molecule has 1 aliphatic rings. The number of hydrogen-bond acceptors (Lipinski definition) is 2. The molecule has 1 unspecified atom stereocenters. The summed E-state index contributed by atoms with van der Waals surface area (Å²) in [6, 6.07) is 0. The van der Waals surface area contributed by atoms with Gasteiger partial charge in [0, 0.05) is 10.8 Å². The lowest BCUT2D eigenvalue weighted by atomic mass is 9.92. The van der Waals surface area contributed by atoms with Crippen molar-refractivity contribution in [2.75, 3.05) is 0 Å². The Bertz CT molecular complexity index is 300. The minimum atomic E-state index is -0.931. The van der Waals surface area contributed by atoms with Gasteiger partial charge < -0.3 is 5.11 Å². The first kappa shape index (κ1) is 9.13. The van der Waals surface area contributed by atoms with Crippen molar-refractivity contribution >= 4 is 23.1 Å². The molecule has 0 fully saturated rings. The molecule has 0 aliphatic heterocycles. The summed E-state index contributed by atoms with van der Waals surface area (Å²) in [5, 5.41) is 8.76. The van der Waals surface area contributed by atoms with Crippen LogP contribution in [-0.4, -0.2) is 15.9 Å². The van der Waals surface area contributed by atoms with E-state index in [0.29, 0.717) is 4.86 Å². The summed E-state index contributed by atoms with van der Waals surface area (Å²) < 4.78 is 0. The molecule has 0 amide bonds. The van der Waals surface area contributed by atoms with Crippen molar-refractivity contribution in [2.45, 2.75) is 13.8 Å². The quantitative estimate of drug-likeness (QED) is 0.630. The predicted octanol–water partition coefficient (Wildman–Crippen LogP) is 1.96. The molecule has 1 atom stereocenters. The van der Waals surface area contributed by atoms with Gasteiger partial charge in [-0.25, -0.2) is 4.79 Å². The molecule has 0 radical (unpaired) electrons. The Morgan fingerprint density at radius 1 is 1.67 bits per heavy atom. The Kier molecular flexibility index (Phi) is 2.43. The van der Waals surface area contributed by atoms with Crippen molar-refractivity contribution in [3.8, 4) is 0 Å². The fourth-order valence-corrected chi connectivity index (χ4v) is 1.44. The Hall–Kier alpha value is -0.960. The number of carboxylic acid groups (broad SMARTS) is 1. The van der Waals surface area contributed by atoms with Crippen LogP contribution in [0.15, 0.2) is 23.3 Å². The van der Waals surface area contributed by atoms with Gasteiger partial charge in [-0.1, -0.05) is 30.8 Å². The summed E-state index contributed by atoms with van der Waals surface area (Å²) >= 11 is 4.99. The zero-order chi connectivity index (χ0) is 9.30. The fraction of sp³-hybridized carbons (Fsp3) is 0.333. The maximum atomic E-state index is 10.7. The van der Waals surface area contributed by atoms with Crippen LogP contribution in [0.25, 0.3) is 0 Å². The average Bonchev–Trinajstić information content (AvgIpc) is 1.96. The van der Waals surface area contributed by atoms with E-state index >= 15 is 0 Å². The van der Waals surface area contributed by atoms with Gasteiger partial charge in [-0.3, -0.25) is 0 Å². The second-order valence-corrected chi connectivity index (χ2v) is 3.37. The molecule has 0 saturated heterocycles. The van der Waals surface area contributed by atoms with Gasteiger partial charge in [0.25, 0.3) is 0 Å². The van der Waals surface area contributed by atoms with Crippen molar-refractivity contribution in [3.63, 3.8) is 0 Å². The molecular weight excluding hydrogens is 172 g/mol. The minimum absolute atomic E-state index is 0.0658. The monoisotopic (exact) mass is 182 g/mol. The molecule has 0 saturated carbocycles. The number of hydrogen-bond donors (Lipinski definition) is 1. The summed E-state index contributed by atoms with van der Waals surface area (Å²) in [6.07, 6.45) is 3.58. The molecule has 0 aromatic heterocycles. The SMILES string of the molecule is CC1=CC(C)C(=S)C(C(=O)O)=C1. The van der Waals surface area contributed by atoms with Crippen LogP contribution in [0, 0.1) is 5.92 Å². The Morgan fingerprint density at radius 2 is 2.25 bits per heavy atom. The van der Waals surface area contributed by atoms with E-state index in [-0.39, 0.29) is 11.5 Å². The summed E-state index contributed by atoms with van der Waals surface area (Å²) in [5.74, 6) is -0.865. The number of thiocarbonyl (C=S) groups is 1. The fourth-order valence-electron chi connectivity index (χ4n) is 1.23. The molecule has 0 bridgehead atoms. The molecule has 2 nitrogen and oxygen atoms in total. The van der Waals surface area contributed by atoms with Crippen molar-refractivity contribution in [3.05, 3.63) is 23.3 Å². The van der Waals surface area contributed by atoms with E-state index in [1.807, 2.05) is 19.9 Å². The number of rotatable bonds is 1. The Morgan fingerprint density at radius 3 is 2.75 bits per heavy atom. The molecule has 0 spiro atoms. The van der Waals surface area contributed by atoms with Gasteiger partial charge >= 0.3 is 5.97 Å². The molecule has 0 aromatic rings. The second kappa shape index (κ2) is 3.19. The van der Waals surface area contributed by atoms with Crippen molar-refractivity contribution in [1.29, 1.82) is 0 Å². The van der Waals surface area contributed by atoms with Crippen LogP contribution in [0.3, 0.4) is 0 Å². The molecule has 0 heterocycles. The number of aliphatic carboxylic acids is 1. The number of allylic oxidation sites excluding steroid dienone is 3. The second-order valence-electron chi connectivity index (χ2n) is 2.93. The maximum Gasteiger partial charge on any atom is 0.336 e. The average molecular weight is 182 g/mol. The van der Waals surface area contributed by atoms with E-state index in [2.05, 4.69) is 0 Å². The van der Waals surface area contributed by atoms with Crippen LogP contribution < -0.4 is 0 Å². The smallest absolute Gasteiger partial charge is 0.336 e. The van der Waals surface area contributed by atoms with Gasteiger partial charge in [0.2, 0.25) is 0 Å². The van der Waals surface area contributed by atoms with Crippen LogP contribution >= 0.6 is 12.2 Å². The molecular formula is C9H10O2S. The molecule has 1 rings (SSSR count). The summed E-state index contributed by atoms with van der Waals surface area (Å²) in [5.41, 5.74) is 1.23. The third kappa shape index (κ3) is 1.61. The summed E-state index contributed by atoms with van der Waals surface area (Å²) in [6.45, 7) is 3.78. The van der Waals surface area contributed by atoms with Gasteiger partial charge in [0.15, 0.2) is 0 Å². The van der Waals surface area contributed by atoms with Crippen LogP contribution in [0.4, 0.5) is 0 Å². The number of carboxylic acids is 1. The first-order valence-electron chi connectivity index (χ1n) is 3.70. The van der Waals surface area contributed by atoms with Gasteiger partial charge in [0.05, 0.1) is 5.57 Å². The highest BCUT2D eigenvalue weighted by Crippen LogP contribution is 2.20. The molecule has 1 aliphatic carbocycles. The van der Waals surface area contributed by atoms with Crippen molar-refractivity contribution < 1.29 is 9.90 Å². The lowest BCUT2D eigenvalue weighted by Gasteiger charge is -2.15. The predicted molar refractivity (Wildman–Crippen MR) is 51.2 cm³/mol. The van der Waals surface area contributed by atoms with E-state index in [4.69, 9.17) is 17.3 Å². The van der Waals surface area contributed by atoms with E-state index in [9.17, 15) is 4.79 Å². The lowest BCUT2D eigenvalue weighted by molar-refractivity contribution is -0.132. The van der Waals surface area contributed by atoms with Crippen LogP contribution in [0.5, 0.6) is 0 Å². The summed E-state index contributed by atoms with van der Waals surface area (Å²) in [4.78, 5) is 11.2. The standard InChI is InChI=1S/C9H10O2S/c1-5-3-6(2)8(12)7(4-5)9(10)11/h3-4,6H,1-2H3,(H,10,11). The highest BCUT2D eigenvalue weighted by Gasteiger charge is 2.20. The summed E-state index contributed by atoms with van der Waals surface area (Å²) in [7, 11) is 0. The minimum Gasteiger partial charge on any atom is -0.478 e. The number of carbonyl (C=O) groups is 1. The lowest BCUT2D eigenvalue weighted by Crippen LogP contribution is -2.19. The molecule has 0 aromatic carbocycles. The van der Waals surface area contributed by atoms with Gasteiger partial charge in [-0.15, -0.1) is 0 Å². The highest BCUT2D eigenvalue weighted by molar-refractivity contribution is 7.81. The van der Waals surface area contributed by atoms with Gasteiger partial charge in [0.1, 0.15) is 0 Å². The maximum absolute atomic E-state index is 10.7. The van der Waals surface area contributed by atoms with Gasteiger partial charge in [-0.05, 0) is 13.0 Å². The zero-order valence-corrected chi connectivity index (χ0v) is 7.81. The van der Waals surface area contributed by atoms with E-state index < -0.39 is 5.97 Å². The van der Waals surface area contributed by atoms with E-state index in [0.717, 1.165) is 5.57 Å². The first-order valence-corrected chi connectivity index (χ1v) is 4.11. The Labute approximate surface area is 76.6 Å². The highest BCUT2D eigenvalue weighted by atomic mass is 32.1. The van der Waals surface area contributed by atoms with E-state index in [1.165, 1.54) is 0 Å². The van der Waals surface area contributed by atoms with Crippen molar-refractivity contribution in [1.82, 2.24) is 0 Å². The topological polar surface area (TPSA) is 37.3 Å². The Balaban J connectivity index is 3.07. The van der Waals surface area contributed by atoms with Crippen molar-refractivity contribution in [2.24, 2.45) is 5.92 Å². The molecule has 3 heteroatoms. The zero-order valence-electron chi connectivity index (χ0n) is 7.00. The first-order chi connectivity index (χ1) is 5.52. The third-order valence-corrected chi connectivity index (χ3v) is 2.39. The molecule has 12 heavy (non-hydrogen) atoms. The molecule has 1 N–H and O–H groups in total. The van der Waals surface area contributed by atoms with E-state index in [1.54, 1.807) is 6.08 Å². The molecule has 64 valence electrons. The third-order valence-electron chi connectivity index (χ3n) is 1.79. The largest absolute Gasteiger partial charge is 0.478 e. The van der Waals surface area contributed by atoms with Gasteiger partial charge in [-0.2, -0.15) is 0 Å². The van der Waals surface area contributed by atoms with Crippen LogP contribution in [-0.2, 0) is 4.79 Å². The van der Waals surface area contributed by atoms with Crippen LogP contribution in [0.1, 0.15) is 13.8 Å².